The maximum absolute atomic E-state index is 13.2. The van der Waals surface area contributed by atoms with Gasteiger partial charge in [-0.25, -0.2) is 4.79 Å². The van der Waals surface area contributed by atoms with Crippen LogP contribution in [0.5, 0.6) is 17.2 Å². The third-order valence-corrected chi connectivity index (χ3v) is 6.14. The second-order valence-electron chi connectivity index (χ2n) is 9.57. The van der Waals surface area contributed by atoms with Crippen molar-refractivity contribution in [3.8, 4) is 17.2 Å². The second-order valence-corrected chi connectivity index (χ2v) is 9.57. The molecular formula is C23H33N3O6. The van der Waals surface area contributed by atoms with Crippen LogP contribution in [-0.2, 0) is 16.1 Å². The molecule has 0 radical (unpaired) electrons. The number of hydrogen-bond acceptors (Lipinski definition) is 6. The van der Waals surface area contributed by atoms with E-state index in [4.69, 9.17) is 14.2 Å². The molecule has 2 atom stereocenters. The number of amides is 4. The third-order valence-electron chi connectivity index (χ3n) is 6.14. The molecule has 1 saturated carbocycles. The molecule has 2 N–H and O–H groups in total. The molecule has 2 unspecified atom stereocenters. The van der Waals surface area contributed by atoms with Crippen LogP contribution >= 0.6 is 0 Å². The Labute approximate surface area is 188 Å². The maximum Gasteiger partial charge on any atom is 0.325 e. The number of nitrogens with zero attached hydrogens (tertiary/aromatic N) is 1. The predicted molar refractivity (Wildman–Crippen MR) is 118 cm³/mol. The van der Waals surface area contributed by atoms with Crippen LogP contribution in [0.25, 0.3) is 0 Å². The fraction of sp³-hybridized carbons (Fsp3) is 0.609. The Morgan fingerprint density at radius 3 is 2.28 bits per heavy atom. The lowest BCUT2D eigenvalue weighted by atomic mass is 9.64. The van der Waals surface area contributed by atoms with E-state index in [2.05, 4.69) is 31.4 Å². The zero-order chi connectivity index (χ0) is 23.7. The smallest absolute Gasteiger partial charge is 0.325 e. The largest absolute Gasteiger partial charge is 0.493 e. The molecule has 4 amide bonds. The van der Waals surface area contributed by atoms with Crippen LogP contribution in [0.1, 0.15) is 45.6 Å². The van der Waals surface area contributed by atoms with Gasteiger partial charge in [-0.2, -0.15) is 0 Å². The third kappa shape index (κ3) is 4.61. The molecule has 1 aliphatic carbocycles. The van der Waals surface area contributed by atoms with Crippen molar-refractivity contribution in [2.24, 2.45) is 11.3 Å². The van der Waals surface area contributed by atoms with Gasteiger partial charge in [0, 0.05) is 6.54 Å². The van der Waals surface area contributed by atoms with Crippen molar-refractivity contribution >= 4 is 17.8 Å². The summed E-state index contributed by atoms with van der Waals surface area (Å²) in [6.07, 6.45) is 2.15. The molecule has 9 heteroatoms. The number of carbonyl (C=O) groups excluding carboxylic acids is 3. The highest BCUT2D eigenvalue weighted by atomic mass is 16.5. The summed E-state index contributed by atoms with van der Waals surface area (Å²) in [4.78, 5) is 39.4. The van der Waals surface area contributed by atoms with Crippen LogP contribution in [0.3, 0.4) is 0 Å². The normalized spacial score (nSPS) is 24.3. The first kappa shape index (κ1) is 23.7. The van der Waals surface area contributed by atoms with Crippen LogP contribution in [0, 0.1) is 11.3 Å². The van der Waals surface area contributed by atoms with Gasteiger partial charge in [0.15, 0.2) is 11.5 Å². The Morgan fingerprint density at radius 1 is 1.12 bits per heavy atom. The van der Waals surface area contributed by atoms with E-state index >= 15 is 0 Å². The van der Waals surface area contributed by atoms with Crippen LogP contribution < -0.4 is 24.8 Å². The van der Waals surface area contributed by atoms with E-state index in [1.807, 2.05) is 0 Å². The molecule has 1 spiro atoms. The summed E-state index contributed by atoms with van der Waals surface area (Å²) in [6.45, 7) is 6.15. The lowest BCUT2D eigenvalue weighted by Gasteiger charge is -2.43. The average Bonchev–Trinajstić information content (AvgIpc) is 2.92. The second kappa shape index (κ2) is 8.88. The van der Waals surface area contributed by atoms with E-state index in [1.165, 1.54) is 21.3 Å². The number of urea groups is 1. The van der Waals surface area contributed by atoms with E-state index < -0.39 is 17.5 Å². The zero-order valence-corrected chi connectivity index (χ0v) is 19.7. The van der Waals surface area contributed by atoms with E-state index in [0.717, 1.165) is 16.9 Å². The molecule has 0 aromatic heterocycles. The molecule has 1 heterocycles. The molecule has 9 nitrogen and oxygen atoms in total. The SMILES string of the molecule is COc1cc(CNC(=O)CN2C(=O)NC3(CC(C)CC(C)(C)C3)C2=O)cc(OC)c1OC. The van der Waals surface area contributed by atoms with Crippen LogP contribution in [0.15, 0.2) is 12.1 Å². The highest BCUT2D eigenvalue weighted by Crippen LogP contribution is 2.46. The van der Waals surface area contributed by atoms with Crippen molar-refractivity contribution < 1.29 is 28.6 Å². The van der Waals surface area contributed by atoms with Gasteiger partial charge in [0.25, 0.3) is 5.91 Å². The van der Waals surface area contributed by atoms with Gasteiger partial charge in [-0.3, -0.25) is 14.5 Å². The minimum absolute atomic E-state index is 0.0641. The number of hydrogen-bond donors (Lipinski definition) is 2. The van der Waals surface area contributed by atoms with Gasteiger partial charge in [-0.15, -0.1) is 0 Å². The molecule has 1 aromatic carbocycles. The standard InChI is InChI=1S/C23H33N3O6/c1-14-9-22(2,3)13-23(10-14)20(28)26(21(29)25-23)12-18(27)24-11-15-7-16(30-4)19(32-6)17(8-15)31-5/h7-8,14H,9-13H2,1-6H3,(H,24,27)(H,25,29). The first-order valence-corrected chi connectivity index (χ1v) is 10.7. The molecule has 32 heavy (non-hydrogen) atoms. The van der Waals surface area contributed by atoms with Gasteiger partial charge in [0.1, 0.15) is 12.1 Å². The Balaban J connectivity index is 1.67. The minimum atomic E-state index is -0.921. The Hall–Kier alpha value is -2.97. The van der Waals surface area contributed by atoms with Crippen LogP contribution in [-0.4, -0.2) is 56.2 Å². The van der Waals surface area contributed by atoms with Crippen molar-refractivity contribution in [3.05, 3.63) is 17.7 Å². The lowest BCUT2D eigenvalue weighted by Crippen LogP contribution is -2.54. The summed E-state index contributed by atoms with van der Waals surface area (Å²) in [5.41, 5.74) is -0.259. The number of ether oxygens (including phenoxy) is 3. The molecular weight excluding hydrogens is 414 g/mol. The number of benzene rings is 1. The van der Waals surface area contributed by atoms with E-state index in [9.17, 15) is 14.4 Å². The van der Waals surface area contributed by atoms with Gasteiger partial charge in [-0.05, 0) is 48.3 Å². The summed E-state index contributed by atoms with van der Waals surface area (Å²) in [7, 11) is 4.54. The first-order chi connectivity index (χ1) is 15.0. The van der Waals surface area contributed by atoms with Crippen molar-refractivity contribution in [2.45, 2.75) is 52.1 Å². The number of rotatable bonds is 7. The fourth-order valence-corrected chi connectivity index (χ4v) is 5.29. The molecule has 2 aliphatic rings. The molecule has 1 aliphatic heterocycles. The molecule has 1 saturated heterocycles. The number of nitrogens with one attached hydrogen (secondary N) is 2. The zero-order valence-electron chi connectivity index (χ0n) is 19.7. The predicted octanol–water partition coefficient (Wildman–Crippen LogP) is 2.47. The molecule has 176 valence electrons. The van der Waals surface area contributed by atoms with Gasteiger partial charge in [0.2, 0.25) is 11.7 Å². The van der Waals surface area contributed by atoms with Crippen LogP contribution in [0.2, 0.25) is 0 Å². The number of carbonyl (C=O) groups is 3. The fourth-order valence-electron chi connectivity index (χ4n) is 5.29. The number of imide groups is 1. The van der Waals surface area contributed by atoms with Gasteiger partial charge in [0.05, 0.1) is 21.3 Å². The lowest BCUT2D eigenvalue weighted by molar-refractivity contribution is -0.137. The van der Waals surface area contributed by atoms with Crippen LogP contribution in [0.4, 0.5) is 4.79 Å². The van der Waals surface area contributed by atoms with Crippen molar-refractivity contribution in [2.75, 3.05) is 27.9 Å². The molecule has 0 bridgehead atoms. The van der Waals surface area contributed by atoms with E-state index in [0.29, 0.717) is 36.0 Å². The van der Waals surface area contributed by atoms with Gasteiger partial charge >= 0.3 is 6.03 Å². The summed E-state index contributed by atoms with van der Waals surface area (Å²) in [5.74, 6) is 0.964. The first-order valence-electron chi connectivity index (χ1n) is 10.7. The highest BCUT2D eigenvalue weighted by Gasteiger charge is 2.56. The molecule has 1 aromatic rings. The Kier molecular flexibility index (Phi) is 6.57. The van der Waals surface area contributed by atoms with Gasteiger partial charge in [-0.1, -0.05) is 20.8 Å². The summed E-state index contributed by atoms with van der Waals surface area (Å²) in [6, 6.07) is 2.95. The van der Waals surface area contributed by atoms with Crippen molar-refractivity contribution in [3.63, 3.8) is 0 Å². The molecule has 3 rings (SSSR count). The summed E-state index contributed by atoms with van der Waals surface area (Å²) >= 11 is 0. The Morgan fingerprint density at radius 2 is 1.75 bits per heavy atom. The molecule has 2 fully saturated rings. The topological polar surface area (TPSA) is 106 Å². The van der Waals surface area contributed by atoms with E-state index in [-0.39, 0.29) is 24.4 Å². The highest BCUT2D eigenvalue weighted by molar-refractivity contribution is 6.09. The van der Waals surface area contributed by atoms with E-state index in [1.54, 1.807) is 12.1 Å². The minimum Gasteiger partial charge on any atom is -0.493 e. The summed E-state index contributed by atoms with van der Waals surface area (Å²) in [5, 5.41) is 5.65. The summed E-state index contributed by atoms with van der Waals surface area (Å²) < 4.78 is 16.0. The van der Waals surface area contributed by atoms with Gasteiger partial charge < -0.3 is 24.8 Å². The average molecular weight is 448 g/mol. The maximum atomic E-state index is 13.2. The van der Waals surface area contributed by atoms with Crippen molar-refractivity contribution in [1.82, 2.24) is 15.5 Å². The number of methoxy groups -OCH3 is 3. The Bertz CT molecular complexity index is 890. The quantitative estimate of drug-likeness (QED) is 0.622. The van der Waals surface area contributed by atoms with Crippen molar-refractivity contribution in [1.29, 1.82) is 0 Å². The monoisotopic (exact) mass is 447 g/mol.